The molecular weight excluding hydrogens is 844 g/mol. The average Bonchev–Trinajstić information content (AvgIpc) is 3.70. The molecule has 272 valence electrons. The first-order valence-corrected chi connectivity index (χ1v) is 19.2. The molecule has 0 spiro atoms. The van der Waals surface area contributed by atoms with E-state index in [2.05, 4.69) is 150 Å². The Balaban J connectivity index is 0.00000361. The maximum atomic E-state index is 6.56. The van der Waals surface area contributed by atoms with Gasteiger partial charge in [-0.3, -0.25) is 0 Å². The molecule has 54 heavy (non-hydrogen) atoms. The molecule has 0 unspecified atom stereocenters. The minimum Gasteiger partial charge on any atom is -0.509 e. The van der Waals surface area contributed by atoms with Gasteiger partial charge in [-0.05, 0) is 117 Å². The van der Waals surface area contributed by atoms with E-state index in [4.69, 9.17) is 9.72 Å². The van der Waals surface area contributed by atoms with Gasteiger partial charge >= 0.3 is 0 Å². The summed E-state index contributed by atoms with van der Waals surface area (Å²) in [5.41, 5.74) is 9.49. The Morgan fingerprint density at radius 2 is 1.43 bits per heavy atom. The predicted octanol–water partition coefficient (Wildman–Crippen LogP) is 11.3. The maximum Gasteiger partial charge on any atom is 0.135 e. The Hall–Kier alpha value is -4.86. The molecule has 0 N–H and O–H groups in total. The number of ether oxygens (including phenoxy) is 1. The molecular formula is C48H41N4OPt-3. The van der Waals surface area contributed by atoms with Crippen LogP contribution in [0, 0.1) is 49.4 Å². The Kier molecular flexibility index (Phi) is 8.03. The largest absolute Gasteiger partial charge is 0.509 e. The van der Waals surface area contributed by atoms with Gasteiger partial charge in [-0.1, -0.05) is 65.7 Å². The first-order valence-electron chi connectivity index (χ1n) is 19.2. The molecule has 5 aromatic carbocycles. The maximum absolute atomic E-state index is 6.56. The summed E-state index contributed by atoms with van der Waals surface area (Å²) in [4.78, 5) is 9.39. The Labute approximate surface area is 331 Å². The van der Waals surface area contributed by atoms with Gasteiger partial charge in [-0.25, -0.2) is 4.98 Å². The quantitative estimate of drug-likeness (QED) is 0.156. The number of aromatic nitrogens is 2. The molecule has 1 aliphatic heterocycles. The molecule has 2 aromatic heterocycles. The Morgan fingerprint density at radius 1 is 0.704 bits per heavy atom. The second-order valence-electron chi connectivity index (χ2n) is 16.0. The number of pyridine rings is 1. The monoisotopic (exact) mass is 884 g/mol. The van der Waals surface area contributed by atoms with Crippen molar-refractivity contribution in [3.63, 3.8) is 0 Å². The van der Waals surface area contributed by atoms with Crippen molar-refractivity contribution in [3.8, 4) is 17.3 Å². The smallest absolute Gasteiger partial charge is 0.135 e. The van der Waals surface area contributed by atoms with Gasteiger partial charge in [0.25, 0.3) is 0 Å². The minimum absolute atomic E-state index is 0. The summed E-state index contributed by atoms with van der Waals surface area (Å²) in [6.07, 6.45) is 8.82. The summed E-state index contributed by atoms with van der Waals surface area (Å²) >= 11 is 0. The van der Waals surface area contributed by atoms with Crippen molar-refractivity contribution in [2.75, 3.05) is 16.8 Å². The molecule has 0 amide bonds. The molecule has 3 heterocycles. The molecule has 0 saturated heterocycles. The summed E-state index contributed by atoms with van der Waals surface area (Å²) in [6.45, 7) is 4.29. The van der Waals surface area contributed by atoms with Crippen LogP contribution >= 0.6 is 0 Å². The Bertz CT molecular complexity index is 2510. The molecule has 4 fully saturated rings. The molecule has 4 aliphatic carbocycles. The van der Waals surface area contributed by atoms with Gasteiger partial charge in [-0.2, -0.15) is 18.8 Å². The molecule has 4 saturated carbocycles. The van der Waals surface area contributed by atoms with Gasteiger partial charge in [0, 0.05) is 61.1 Å². The van der Waals surface area contributed by atoms with Gasteiger partial charge in [0.05, 0.1) is 0 Å². The van der Waals surface area contributed by atoms with Crippen molar-refractivity contribution in [2.24, 2.45) is 23.7 Å². The number of benzene rings is 5. The fraction of sp³-hybridized carbons (Fsp3) is 0.250. The molecule has 5 aliphatic rings. The minimum atomic E-state index is -0.00149. The van der Waals surface area contributed by atoms with Crippen molar-refractivity contribution in [1.82, 2.24) is 9.55 Å². The zero-order valence-electron chi connectivity index (χ0n) is 30.5. The third-order valence-electron chi connectivity index (χ3n) is 13.0. The summed E-state index contributed by atoms with van der Waals surface area (Å²) in [7, 11) is 2.07. The number of para-hydroxylation sites is 3. The topological polar surface area (TPSA) is 33.5 Å². The van der Waals surface area contributed by atoms with Crippen LogP contribution in [-0.2, 0) is 26.5 Å². The number of rotatable bonds is 6. The van der Waals surface area contributed by atoms with Gasteiger partial charge in [-0.15, -0.1) is 41.4 Å². The van der Waals surface area contributed by atoms with Gasteiger partial charge < -0.3 is 19.1 Å². The zero-order chi connectivity index (χ0) is 35.3. The molecule has 5 nitrogen and oxygen atoms in total. The number of hydrogen-bond acceptors (Lipinski definition) is 4. The van der Waals surface area contributed by atoms with Gasteiger partial charge in [0.2, 0.25) is 0 Å². The normalized spacial score (nSPS) is 23.9. The van der Waals surface area contributed by atoms with Crippen molar-refractivity contribution in [2.45, 2.75) is 44.4 Å². The van der Waals surface area contributed by atoms with Crippen LogP contribution in [0.1, 0.15) is 48.8 Å². The average molecular weight is 885 g/mol. The first-order chi connectivity index (χ1) is 26.0. The second kappa shape index (κ2) is 12.9. The zero-order valence-corrected chi connectivity index (χ0v) is 32.8. The van der Waals surface area contributed by atoms with E-state index in [0.717, 1.165) is 51.1 Å². The summed E-state index contributed by atoms with van der Waals surface area (Å²) in [6, 6.07) is 48.7. The SMILES string of the molecule is Cc1ccc(C2(c3ccnc(-n4c5[c-]c(Oc6[c-]c(N7[CH-]N(C)c8ccccc87)ccc6)ccc5c5ccccc54)c3)C3CC4CC(C3)CC2C4)cc1.[Pt]. The summed E-state index contributed by atoms with van der Waals surface area (Å²) < 4.78 is 8.85. The van der Waals surface area contributed by atoms with Gasteiger partial charge in [0.15, 0.2) is 0 Å². The van der Waals surface area contributed by atoms with E-state index in [1.807, 2.05) is 18.2 Å². The van der Waals surface area contributed by atoms with Crippen LogP contribution in [0.4, 0.5) is 17.1 Å². The number of hydrogen-bond donors (Lipinski definition) is 0. The van der Waals surface area contributed by atoms with E-state index >= 15 is 0 Å². The number of aryl methyl sites for hydroxylation is 1. The third kappa shape index (κ3) is 5.11. The van der Waals surface area contributed by atoms with E-state index in [-0.39, 0.29) is 26.5 Å². The van der Waals surface area contributed by atoms with Crippen LogP contribution in [0.15, 0.2) is 121 Å². The van der Waals surface area contributed by atoms with Crippen molar-refractivity contribution < 1.29 is 25.8 Å². The standard InChI is InChI=1S/C48H41N4O.Pt/c1-31-14-16-34(17-15-31)48(36-23-32-22-33(25-36)26-37(48)24-32)35-20-21-49-47(27-35)52-43-11-4-3-10-41(43)42-19-18-40(29-46(42)52)53-39-9-7-8-38(28-39)51-30-50(2)44-12-5-6-13-45(44)51;/h3-21,27,30,32-33,36-37H,22-26H2,1-2H3;/q-3;. The van der Waals surface area contributed by atoms with Crippen molar-refractivity contribution in [3.05, 3.63) is 157 Å². The molecule has 7 aromatic rings. The number of fused-ring (bicyclic) bond motifs is 4. The van der Waals surface area contributed by atoms with E-state index in [1.165, 1.54) is 54.2 Å². The first kappa shape index (κ1) is 33.7. The van der Waals surface area contributed by atoms with E-state index in [0.29, 0.717) is 23.3 Å². The van der Waals surface area contributed by atoms with Gasteiger partial charge in [0.1, 0.15) is 5.82 Å². The van der Waals surface area contributed by atoms with E-state index in [9.17, 15) is 0 Å². The summed E-state index contributed by atoms with van der Waals surface area (Å²) in [5, 5.41) is 2.31. The molecule has 6 heteroatoms. The van der Waals surface area contributed by atoms with Crippen LogP contribution in [0.3, 0.4) is 0 Å². The summed E-state index contributed by atoms with van der Waals surface area (Å²) in [5.74, 6) is 5.29. The number of anilines is 3. The van der Waals surface area contributed by atoms with Crippen LogP contribution in [0.25, 0.3) is 27.6 Å². The molecule has 4 bridgehead atoms. The predicted molar refractivity (Wildman–Crippen MR) is 213 cm³/mol. The van der Waals surface area contributed by atoms with Crippen LogP contribution in [0.2, 0.25) is 0 Å². The van der Waals surface area contributed by atoms with E-state index in [1.54, 1.807) is 0 Å². The van der Waals surface area contributed by atoms with Crippen LogP contribution in [-0.4, -0.2) is 16.6 Å². The molecule has 12 rings (SSSR count). The van der Waals surface area contributed by atoms with E-state index < -0.39 is 0 Å². The van der Waals surface area contributed by atoms with Crippen molar-refractivity contribution in [1.29, 1.82) is 0 Å². The third-order valence-corrected chi connectivity index (χ3v) is 13.0. The van der Waals surface area contributed by atoms with Crippen LogP contribution < -0.4 is 14.5 Å². The Morgan fingerprint density at radius 3 is 2.22 bits per heavy atom. The van der Waals surface area contributed by atoms with Crippen LogP contribution in [0.5, 0.6) is 11.5 Å². The fourth-order valence-corrected chi connectivity index (χ4v) is 11.0. The fourth-order valence-electron chi connectivity index (χ4n) is 11.0. The second-order valence-corrected chi connectivity index (χ2v) is 16.0. The van der Waals surface area contributed by atoms with Crippen molar-refractivity contribution >= 4 is 38.9 Å². The molecule has 0 radical (unpaired) electrons. The molecule has 0 atom stereocenters. The number of nitrogens with zero attached hydrogens (tertiary/aromatic N) is 4.